The lowest BCUT2D eigenvalue weighted by atomic mass is 10.1. The number of aryl methyl sites for hydroxylation is 1. The quantitative estimate of drug-likeness (QED) is 0.852. The Balaban J connectivity index is 1.81. The first-order valence-corrected chi connectivity index (χ1v) is 7.86. The van der Waals surface area contributed by atoms with E-state index in [4.69, 9.17) is 0 Å². The Morgan fingerprint density at radius 2 is 2.04 bits per heavy atom. The molecule has 6 nitrogen and oxygen atoms in total. The van der Waals surface area contributed by atoms with Gasteiger partial charge in [-0.1, -0.05) is 12.1 Å². The number of hydrogen-bond acceptors (Lipinski definition) is 3. The second-order valence-electron chi connectivity index (χ2n) is 5.84. The van der Waals surface area contributed by atoms with E-state index in [1.807, 2.05) is 6.92 Å². The summed E-state index contributed by atoms with van der Waals surface area (Å²) < 4.78 is 14.8. The third kappa shape index (κ3) is 3.29. The highest BCUT2D eigenvalue weighted by molar-refractivity contribution is 5.95. The van der Waals surface area contributed by atoms with Crippen molar-refractivity contribution in [2.45, 2.75) is 38.3 Å². The molecule has 0 bridgehead atoms. The average molecular weight is 331 g/mol. The molecular weight excluding hydrogens is 313 g/mol. The van der Waals surface area contributed by atoms with Crippen LogP contribution in [0.25, 0.3) is 0 Å². The summed E-state index contributed by atoms with van der Waals surface area (Å²) in [6.45, 7) is 2.60. The molecule has 3 rings (SSSR count). The van der Waals surface area contributed by atoms with Gasteiger partial charge < -0.3 is 10.4 Å². The highest BCUT2D eigenvalue weighted by Crippen LogP contribution is 2.40. The van der Waals surface area contributed by atoms with Gasteiger partial charge >= 0.3 is 5.97 Å². The van der Waals surface area contributed by atoms with Crippen LogP contribution in [0.3, 0.4) is 0 Å². The fraction of sp³-hybridized carbons (Fsp3) is 0.353. The lowest BCUT2D eigenvalue weighted by Gasteiger charge is -2.14. The second kappa shape index (κ2) is 6.43. The number of rotatable bonds is 6. The summed E-state index contributed by atoms with van der Waals surface area (Å²) in [7, 11) is 0. The minimum Gasteiger partial charge on any atom is -0.479 e. The average Bonchev–Trinajstić information content (AvgIpc) is 3.31. The van der Waals surface area contributed by atoms with E-state index in [-0.39, 0.29) is 5.69 Å². The summed E-state index contributed by atoms with van der Waals surface area (Å²) in [4.78, 5) is 23.9. The van der Waals surface area contributed by atoms with Gasteiger partial charge in [-0.3, -0.25) is 9.48 Å². The number of carbonyl (C=O) groups is 2. The largest absolute Gasteiger partial charge is 0.479 e. The summed E-state index contributed by atoms with van der Waals surface area (Å²) in [5, 5.41) is 16.1. The molecule has 2 N–H and O–H groups in total. The van der Waals surface area contributed by atoms with E-state index in [2.05, 4.69) is 10.4 Å². The molecule has 1 saturated carbocycles. The van der Waals surface area contributed by atoms with Crippen molar-refractivity contribution in [3.05, 3.63) is 53.1 Å². The van der Waals surface area contributed by atoms with Gasteiger partial charge in [0.25, 0.3) is 5.91 Å². The molecule has 1 unspecified atom stereocenters. The molecule has 0 saturated heterocycles. The van der Waals surface area contributed by atoms with E-state index >= 15 is 0 Å². The van der Waals surface area contributed by atoms with E-state index in [1.54, 1.807) is 10.7 Å². The number of nitrogens with one attached hydrogen (secondary N) is 1. The van der Waals surface area contributed by atoms with Crippen molar-refractivity contribution in [2.24, 2.45) is 0 Å². The fourth-order valence-electron chi connectivity index (χ4n) is 2.65. The highest BCUT2D eigenvalue weighted by atomic mass is 19.1. The lowest BCUT2D eigenvalue weighted by Crippen LogP contribution is -2.34. The molecule has 1 aromatic carbocycles. The molecule has 0 radical (unpaired) electrons. The van der Waals surface area contributed by atoms with Crippen molar-refractivity contribution in [1.82, 2.24) is 15.1 Å². The van der Waals surface area contributed by atoms with Crippen LogP contribution in [0.15, 0.2) is 30.3 Å². The number of halogens is 1. The maximum absolute atomic E-state index is 13.0. The summed E-state index contributed by atoms with van der Waals surface area (Å²) in [5.74, 6) is -1.80. The van der Waals surface area contributed by atoms with Crippen molar-refractivity contribution in [3.8, 4) is 0 Å². The van der Waals surface area contributed by atoms with Crippen LogP contribution >= 0.6 is 0 Å². The molecular formula is C17H18FN3O3. The number of carbonyl (C=O) groups excluding carboxylic acids is 1. The Morgan fingerprint density at radius 1 is 1.38 bits per heavy atom. The molecule has 1 amide bonds. The molecule has 2 aromatic rings. The van der Waals surface area contributed by atoms with Crippen LogP contribution in [0.2, 0.25) is 0 Å². The van der Waals surface area contributed by atoms with E-state index in [1.165, 1.54) is 12.1 Å². The molecule has 24 heavy (non-hydrogen) atoms. The minimum absolute atomic E-state index is 0.201. The predicted octanol–water partition coefficient (Wildman–Crippen LogP) is 2.48. The molecule has 1 aliphatic rings. The van der Waals surface area contributed by atoms with Gasteiger partial charge in [-0.2, -0.15) is 5.10 Å². The molecule has 0 spiro atoms. The summed E-state index contributed by atoms with van der Waals surface area (Å²) in [5.41, 5.74) is 1.51. The number of amides is 1. The van der Waals surface area contributed by atoms with Gasteiger partial charge in [-0.15, -0.1) is 0 Å². The monoisotopic (exact) mass is 331 g/mol. The topological polar surface area (TPSA) is 84.2 Å². The van der Waals surface area contributed by atoms with Crippen molar-refractivity contribution in [3.63, 3.8) is 0 Å². The van der Waals surface area contributed by atoms with Crippen LogP contribution in [0.1, 0.15) is 53.5 Å². The number of aromatic nitrogens is 2. The number of hydrogen-bond donors (Lipinski definition) is 2. The van der Waals surface area contributed by atoms with Crippen molar-refractivity contribution < 1.29 is 19.1 Å². The number of benzene rings is 1. The van der Waals surface area contributed by atoms with Crippen molar-refractivity contribution in [2.75, 3.05) is 0 Å². The standard InChI is InChI=1S/C17H18FN3O3/c1-2-21-14(10-3-4-10)9-13(20-21)16(22)19-15(17(23)24)11-5-7-12(18)8-6-11/h5-10,15H,2-4H2,1H3,(H,19,22)(H,23,24). The van der Waals surface area contributed by atoms with Gasteiger partial charge in [-0.05, 0) is 43.5 Å². The van der Waals surface area contributed by atoms with Crippen molar-refractivity contribution in [1.29, 1.82) is 0 Å². The zero-order valence-corrected chi connectivity index (χ0v) is 13.2. The molecule has 126 valence electrons. The number of carboxylic acids is 1. The Hall–Kier alpha value is -2.70. The zero-order chi connectivity index (χ0) is 17.3. The lowest BCUT2D eigenvalue weighted by molar-refractivity contribution is -0.139. The highest BCUT2D eigenvalue weighted by Gasteiger charge is 2.30. The number of nitrogens with zero attached hydrogens (tertiary/aromatic N) is 2. The van der Waals surface area contributed by atoms with Gasteiger partial charge in [0.2, 0.25) is 0 Å². The van der Waals surface area contributed by atoms with Crippen LogP contribution < -0.4 is 5.32 Å². The summed E-state index contributed by atoms with van der Waals surface area (Å²) >= 11 is 0. The first kappa shape index (κ1) is 16.2. The molecule has 1 heterocycles. The molecule has 1 aromatic heterocycles. The van der Waals surface area contributed by atoms with Gasteiger partial charge in [0.1, 0.15) is 11.5 Å². The van der Waals surface area contributed by atoms with E-state index < -0.39 is 23.7 Å². The SMILES string of the molecule is CCn1nc(C(=O)NC(C(=O)O)c2ccc(F)cc2)cc1C1CC1. The van der Waals surface area contributed by atoms with Crippen LogP contribution in [-0.2, 0) is 11.3 Å². The summed E-state index contributed by atoms with van der Waals surface area (Å²) in [6.07, 6.45) is 2.17. The molecule has 1 fully saturated rings. The first-order chi connectivity index (χ1) is 11.5. The van der Waals surface area contributed by atoms with Gasteiger partial charge in [-0.25, -0.2) is 9.18 Å². The smallest absolute Gasteiger partial charge is 0.330 e. The van der Waals surface area contributed by atoms with Crippen molar-refractivity contribution >= 4 is 11.9 Å². The van der Waals surface area contributed by atoms with Gasteiger partial charge in [0.05, 0.1) is 0 Å². The third-order valence-corrected chi connectivity index (χ3v) is 4.06. The van der Waals surface area contributed by atoms with E-state index in [9.17, 15) is 19.1 Å². The van der Waals surface area contributed by atoms with Crippen LogP contribution in [-0.4, -0.2) is 26.8 Å². The van der Waals surface area contributed by atoms with Gasteiger partial charge in [0, 0.05) is 18.2 Å². The second-order valence-corrected chi connectivity index (χ2v) is 5.84. The zero-order valence-electron chi connectivity index (χ0n) is 13.2. The summed E-state index contributed by atoms with van der Waals surface area (Å²) in [6, 6.07) is 5.47. The normalized spacial score (nSPS) is 15.1. The van der Waals surface area contributed by atoms with E-state index in [0.29, 0.717) is 18.0 Å². The number of aliphatic carboxylic acids is 1. The Kier molecular flexibility index (Phi) is 4.33. The molecule has 1 atom stereocenters. The Labute approximate surface area is 138 Å². The minimum atomic E-state index is -1.26. The molecule has 1 aliphatic carbocycles. The van der Waals surface area contributed by atoms with Crippen LogP contribution in [0, 0.1) is 5.82 Å². The van der Waals surface area contributed by atoms with Crippen LogP contribution in [0.5, 0.6) is 0 Å². The first-order valence-electron chi connectivity index (χ1n) is 7.86. The molecule has 0 aliphatic heterocycles. The Morgan fingerprint density at radius 3 is 2.58 bits per heavy atom. The van der Waals surface area contributed by atoms with Gasteiger partial charge in [0.15, 0.2) is 6.04 Å². The molecule has 7 heteroatoms. The third-order valence-electron chi connectivity index (χ3n) is 4.06. The number of carboxylic acid groups (broad SMARTS) is 1. The maximum Gasteiger partial charge on any atom is 0.330 e. The maximum atomic E-state index is 13.0. The Bertz CT molecular complexity index is 766. The van der Waals surface area contributed by atoms with Crippen LogP contribution in [0.4, 0.5) is 4.39 Å². The van der Waals surface area contributed by atoms with E-state index in [0.717, 1.165) is 30.7 Å². The predicted molar refractivity (Wildman–Crippen MR) is 84.1 cm³/mol. The fourth-order valence-corrected chi connectivity index (χ4v) is 2.65.